The second-order valence-electron chi connectivity index (χ2n) is 4.55. The Kier molecular flexibility index (Phi) is 4.33. The van der Waals surface area contributed by atoms with Crippen LogP contribution in [-0.2, 0) is 11.0 Å². The maximum atomic E-state index is 12.9. The summed E-state index contributed by atoms with van der Waals surface area (Å²) < 4.78 is 38.8. The number of hydrogen-bond acceptors (Lipinski definition) is 5. The number of anilines is 1. The van der Waals surface area contributed by atoms with Crippen LogP contribution in [-0.4, -0.2) is 43.3 Å². The minimum Gasteiger partial charge on any atom is -0.369 e. The number of nitro groups is 1. The zero-order chi connectivity index (χ0) is 15.6. The van der Waals surface area contributed by atoms with Gasteiger partial charge in [-0.15, -0.1) is 0 Å². The van der Waals surface area contributed by atoms with Crippen molar-refractivity contribution in [2.24, 2.45) is 0 Å². The Morgan fingerprint density at radius 2 is 1.86 bits per heavy atom. The van der Waals surface area contributed by atoms with Gasteiger partial charge in [0.05, 0.1) is 12.0 Å². The molecule has 6 nitrogen and oxygen atoms in total. The predicted molar refractivity (Wildman–Crippen MR) is 68.9 cm³/mol. The first-order valence-electron chi connectivity index (χ1n) is 6.22. The fraction of sp³-hybridized carbons (Fsp3) is 0.500. The molecule has 1 aromatic carbocycles. The lowest BCUT2D eigenvalue weighted by atomic mass is 10.1. The molecule has 21 heavy (non-hydrogen) atoms. The summed E-state index contributed by atoms with van der Waals surface area (Å²) in [4.78, 5) is 16.5. The molecule has 1 aliphatic rings. The molecule has 0 unspecified atom stereocenters. The van der Waals surface area contributed by atoms with E-state index in [1.165, 1.54) is 13.2 Å². The van der Waals surface area contributed by atoms with E-state index in [0.29, 0.717) is 31.9 Å². The summed E-state index contributed by atoms with van der Waals surface area (Å²) in [5, 5.41) is 12.4. The minimum atomic E-state index is -4.76. The number of rotatable bonds is 3. The van der Waals surface area contributed by atoms with Crippen LogP contribution in [0.4, 0.5) is 24.5 Å². The van der Waals surface area contributed by atoms with Crippen molar-refractivity contribution >= 4 is 11.4 Å². The fourth-order valence-corrected chi connectivity index (χ4v) is 2.24. The number of hydrogen-bond donors (Lipinski definition) is 0. The van der Waals surface area contributed by atoms with Gasteiger partial charge in [-0.1, -0.05) is 0 Å². The molecule has 1 fully saturated rings. The van der Waals surface area contributed by atoms with Crippen LogP contribution in [0.25, 0.3) is 0 Å². The van der Waals surface area contributed by atoms with Gasteiger partial charge in [-0.2, -0.15) is 18.2 Å². The van der Waals surface area contributed by atoms with E-state index in [9.17, 15) is 23.3 Å². The lowest BCUT2D eigenvalue weighted by Gasteiger charge is -2.34. The maximum absolute atomic E-state index is 12.9. The van der Waals surface area contributed by atoms with E-state index >= 15 is 0 Å². The average molecular weight is 305 g/mol. The zero-order valence-corrected chi connectivity index (χ0v) is 11.3. The van der Waals surface area contributed by atoms with Gasteiger partial charge in [-0.3, -0.25) is 10.1 Å². The molecule has 0 aromatic heterocycles. The highest BCUT2D eigenvalue weighted by Crippen LogP contribution is 2.38. The van der Waals surface area contributed by atoms with Crippen molar-refractivity contribution in [3.05, 3.63) is 33.9 Å². The first-order valence-corrected chi connectivity index (χ1v) is 6.22. The Hall–Kier alpha value is -1.87. The molecule has 0 saturated carbocycles. The fourth-order valence-electron chi connectivity index (χ4n) is 2.24. The van der Waals surface area contributed by atoms with Crippen molar-refractivity contribution in [1.29, 1.82) is 0 Å². The molecule has 0 bridgehead atoms. The van der Waals surface area contributed by atoms with Gasteiger partial charge in [0.15, 0.2) is 0 Å². The van der Waals surface area contributed by atoms with Gasteiger partial charge >= 0.3 is 6.18 Å². The largest absolute Gasteiger partial charge is 0.423 e. The van der Waals surface area contributed by atoms with Crippen molar-refractivity contribution in [2.75, 3.05) is 38.2 Å². The molecule has 9 heteroatoms. The van der Waals surface area contributed by atoms with E-state index in [1.807, 2.05) is 0 Å². The van der Waals surface area contributed by atoms with Gasteiger partial charge in [0.2, 0.25) is 0 Å². The summed E-state index contributed by atoms with van der Waals surface area (Å²) in [6.07, 6.45) is -4.76. The number of benzene rings is 1. The lowest BCUT2D eigenvalue weighted by Crippen LogP contribution is -2.45. The van der Waals surface area contributed by atoms with Crippen molar-refractivity contribution < 1.29 is 22.9 Å². The molecule has 116 valence electrons. The number of nitro benzene ring substituents is 1. The van der Waals surface area contributed by atoms with Crippen molar-refractivity contribution in [3.8, 4) is 0 Å². The highest BCUT2D eigenvalue weighted by molar-refractivity contribution is 5.57. The summed E-state index contributed by atoms with van der Waals surface area (Å²) in [5.41, 5.74) is -1.83. The molecule has 1 saturated heterocycles. The van der Waals surface area contributed by atoms with E-state index in [1.54, 1.807) is 9.96 Å². The molecule has 1 aromatic rings. The molecule has 0 amide bonds. The number of nitrogens with zero attached hydrogens (tertiary/aromatic N) is 3. The van der Waals surface area contributed by atoms with Gasteiger partial charge in [0.25, 0.3) is 5.69 Å². The molecule has 0 aliphatic carbocycles. The highest BCUT2D eigenvalue weighted by Gasteiger charge is 2.38. The Morgan fingerprint density at radius 1 is 1.24 bits per heavy atom. The van der Waals surface area contributed by atoms with Crippen LogP contribution < -0.4 is 4.90 Å². The van der Waals surface area contributed by atoms with Gasteiger partial charge in [-0.25, -0.2) is 0 Å². The summed E-state index contributed by atoms with van der Waals surface area (Å²) in [6, 6.07) is 3.08. The monoisotopic (exact) mass is 305 g/mol. The normalized spacial score (nSPS) is 17.0. The minimum absolute atomic E-state index is 0.323. The highest BCUT2D eigenvalue weighted by atomic mass is 19.4. The molecular weight excluding hydrogens is 291 g/mol. The average Bonchev–Trinajstić information content (AvgIpc) is 2.45. The quantitative estimate of drug-likeness (QED) is 0.633. The first kappa shape index (κ1) is 15.5. The zero-order valence-electron chi connectivity index (χ0n) is 11.3. The van der Waals surface area contributed by atoms with Crippen molar-refractivity contribution in [1.82, 2.24) is 5.06 Å². The number of halogens is 3. The maximum Gasteiger partial charge on any atom is 0.423 e. The Balaban J connectivity index is 2.28. The van der Waals surface area contributed by atoms with E-state index < -0.39 is 22.4 Å². The number of alkyl halides is 3. The molecule has 1 aliphatic heterocycles. The SMILES string of the molecule is CON1CCN(c2ccc([N+](=O)[O-])c(C(F)(F)F)c2)CC1. The third-order valence-electron chi connectivity index (χ3n) is 3.34. The number of piperazine rings is 1. The topological polar surface area (TPSA) is 58.8 Å². The third kappa shape index (κ3) is 3.42. The van der Waals surface area contributed by atoms with Gasteiger partial charge in [0, 0.05) is 37.9 Å². The van der Waals surface area contributed by atoms with E-state index in [-0.39, 0.29) is 0 Å². The summed E-state index contributed by atoms with van der Waals surface area (Å²) in [6.45, 7) is 2.08. The summed E-state index contributed by atoms with van der Waals surface area (Å²) in [5.74, 6) is 0. The Morgan fingerprint density at radius 3 is 2.33 bits per heavy atom. The number of hydroxylamine groups is 2. The van der Waals surface area contributed by atoms with E-state index in [0.717, 1.165) is 12.1 Å². The molecule has 1 heterocycles. The predicted octanol–water partition coefficient (Wildman–Crippen LogP) is 2.30. The lowest BCUT2D eigenvalue weighted by molar-refractivity contribution is -0.388. The van der Waals surface area contributed by atoms with Crippen molar-refractivity contribution in [2.45, 2.75) is 6.18 Å². The molecule has 0 spiro atoms. The van der Waals surface area contributed by atoms with Crippen LogP contribution in [0.2, 0.25) is 0 Å². The molecule has 0 N–H and O–H groups in total. The standard InChI is InChI=1S/C12H14F3N3O3/c1-21-17-6-4-16(5-7-17)9-2-3-11(18(19)20)10(8-9)12(13,14)15/h2-3,8H,4-7H2,1H3. The Labute approximate surface area is 118 Å². The summed E-state index contributed by atoms with van der Waals surface area (Å²) >= 11 is 0. The van der Waals surface area contributed by atoms with Crippen LogP contribution in [0.1, 0.15) is 5.56 Å². The third-order valence-corrected chi connectivity index (χ3v) is 3.34. The van der Waals surface area contributed by atoms with Gasteiger partial charge < -0.3 is 9.74 Å². The summed E-state index contributed by atoms with van der Waals surface area (Å²) in [7, 11) is 1.53. The second kappa shape index (κ2) is 5.86. The Bertz CT molecular complexity index is 528. The van der Waals surface area contributed by atoms with Gasteiger partial charge in [0.1, 0.15) is 5.56 Å². The van der Waals surface area contributed by atoms with E-state index in [4.69, 9.17) is 4.84 Å². The van der Waals surface area contributed by atoms with Crippen LogP contribution in [0, 0.1) is 10.1 Å². The van der Waals surface area contributed by atoms with Crippen LogP contribution >= 0.6 is 0 Å². The van der Waals surface area contributed by atoms with E-state index in [2.05, 4.69) is 0 Å². The molecular formula is C12H14F3N3O3. The second-order valence-corrected chi connectivity index (χ2v) is 4.55. The van der Waals surface area contributed by atoms with Crippen molar-refractivity contribution in [3.63, 3.8) is 0 Å². The van der Waals surface area contributed by atoms with Crippen LogP contribution in [0.15, 0.2) is 18.2 Å². The molecule has 0 radical (unpaired) electrons. The smallest absolute Gasteiger partial charge is 0.369 e. The van der Waals surface area contributed by atoms with Crippen LogP contribution in [0.3, 0.4) is 0 Å². The molecule has 2 rings (SSSR count). The molecule has 0 atom stereocenters. The van der Waals surface area contributed by atoms with Gasteiger partial charge in [-0.05, 0) is 12.1 Å². The first-order chi connectivity index (χ1) is 9.82. The van der Waals surface area contributed by atoms with Crippen LogP contribution in [0.5, 0.6) is 0 Å².